The Morgan fingerprint density at radius 1 is 1.08 bits per heavy atom. The molecule has 0 spiro atoms. The second-order valence-electron chi connectivity index (χ2n) is 5.22. The van der Waals surface area contributed by atoms with Crippen LogP contribution in [0.1, 0.15) is 11.1 Å². The zero-order chi connectivity index (χ0) is 17.1. The van der Waals surface area contributed by atoms with Crippen molar-refractivity contribution in [2.75, 3.05) is 0 Å². The molecule has 0 aromatic heterocycles. The Morgan fingerprint density at radius 2 is 1.83 bits per heavy atom. The predicted octanol–water partition coefficient (Wildman–Crippen LogP) is 2.69. The number of rotatable bonds is 4. The molecule has 3 amide bonds. The topological polar surface area (TPSA) is 92.5 Å². The quantitative estimate of drug-likeness (QED) is 0.405. The normalized spacial score (nSPS) is 15.7. The van der Waals surface area contributed by atoms with Gasteiger partial charge in [-0.3, -0.25) is 19.8 Å². The highest BCUT2D eigenvalue weighted by Gasteiger charge is 2.33. The summed E-state index contributed by atoms with van der Waals surface area (Å²) in [4.78, 5) is 35.8. The monoisotopic (exact) mass is 323 g/mol. The molecule has 0 bridgehead atoms. The van der Waals surface area contributed by atoms with Crippen molar-refractivity contribution in [2.24, 2.45) is 0 Å². The molecule has 7 heteroatoms. The van der Waals surface area contributed by atoms with Gasteiger partial charge in [-0.2, -0.15) is 0 Å². The van der Waals surface area contributed by atoms with Crippen LogP contribution in [-0.4, -0.2) is 21.8 Å². The summed E-state index contributed by atoms with van der Waals surface area (Å²) < 4.78 is 0. The van der Waals surface area contributed by atoms with Crippen molar-refractivity contribution in [1.82, 2.24) is 10.2 Å². The van der Waals surface area contributed by atoms with Gasteiger partial charge in [-0.25, -0.2) is 4.79 Å². The third kappa shape index (κ3) is 3.14. The first-order chi connectivity index (χ1) is 11.5. The van der Waals surface area contributed by atoms with Crippen LogP contribution in [-0.2, 0) is 11.3 Å². The molecule has 0 unspecified atom stereocenters. The van der Waals surface area contributed by atoms with Crippen molar-refractivity contribution in [3.63, 3.8) is 0 Å². The van der Waals surface area contributed by atoms with Crippen molar-refractivity contribution < 1.29 is 14.5 Å². The zero-order valence-corrected chi connectivity index (χ0v) is 12.5. The number of carbonyl (C=O) groups excluding carboxylic acids is 2. The van der Waals surface area contributed by atoms with E-state index in [1.54, 1.807) is 6.07 Å². The number of nitrogens with one attached hydrogen (secondary N) is 1. The number of carbonyl (C=O) groups is 2. The number of non-ortho nitro benzene ring substituents is 1. The lowest BCUT2D eigenvalue weighted by molar-refractivity contribution is -0.384. The molecule has 1 aliphatic heterocycles. The highest BCUT2D eigenvalue weighted by molar-refractivity contribution is 6.13. The van der Waals surface area contributed by atoms with Gasteiger partial charge in [0.2, 0.25) is 0 Å². The number of benzene rings is 2. The Kier molecular flexibility index (Phi) is 4.07. The van der Waals surface area contributed by atoms with Crippen LogP contribution in [0.4, 0.5) is 10.5 Å². The van der Waals surface area contributed by atoms with Crippen molar-refractivity contribution >= 4 is 23.7 Å². The second kappa shape index (κ2) is 6.33. The molecule has 0 radical (unpaired) electrons. The Hall–Kier alpha value is -3.48. The molecular formula is C17H13N3O4. The van der Waals surface area contributed by atoms with Gasteiger partial charge in [-0.15, -0.1) is 0 Å². The number of hydrogen-bond donors (Lipinski definition) is 1. The summed E-state index contributed by atoms with van der Waals surface area (Å²) in [6.45, 7) is 0.164. The fourth-order valence-corrected chi connectivity index (χ4v) is 2.38. The van der Waals surface area contributed by atoms with Gasteiger partial charge < -0.3 is 5.32 Å². The van der Waals surface area contributed by atoms with Crippen LogP contribution in [0.2, 0.25) is 0 Å². The molecule has 7 nitrogen and oxygen atoms in total. The number of imide groups is 1. The van der Waals surface area contributed by atoms with E-state index in [2.05, 4.69) is 5.32 Å². The third-order valence-corrected chi connectivity index (χ3v) is 3.54. The summed E-state index contributed by atoms with van der Waals surface area (Å²) in [5.74, 6) is -0.463. The maximum Gasteiger partial charge on any atom is 0.329 e. The number of hydrogen-bond acceptors (Lipinski definition) is 4. The van der Waals surface area contributed by atoms with Gasteiger partial charge in [-0.1, -0.05) is 42.5 Å². The van der Waals surface area contributed by atoms with Crippen LogP contribution in [0.25, 0.3) is 6.08 Å². The van der Waals surface area contributed by atoms with Crippen molar-refractivity contribution in [2.45, 2.75) is 6.54 Å². The first kappa shape index (κ1) is 15.4. The summed E-state index contributed by atoms with van der Waals surface area (Å²) in [7, 11) is 0. The standard InChI is InChI=1S/C17H13N3O4/c21-16-15(10-13-7-4-8-14(9-13)20(23)24)18-17(22)19(16)11-12-5-2-1-3-6-12/h1-10H,11H2,(H,18,22). The van der Waals surface area contributed by atoms with E-state index in [1.165, 1.54) is 24.3 Å². The molecule has 1 heterocycles. The lowest BCUT2D eigenvalue weighted by atomic mass is 10.1. The van der Waals surface area contributed by atoms with Crippen LogP contribution in [0, 0.1) is 10.1 Å². The van der Waals surface area contributed by atoms with E-state index in [4.69, 9.17) is 0 Å². The van der Waals surface area contributed by atoms with E-state index >= 15 is 0 Å². The maximum atomic E-state index is 12.4. The Balaban J connectivity index is 1.83. The molecule has 120 valence electrons. The summed E-state index contributed by atoms with van der Waals surface area (Å²) in [5.41, 5.74) is 1.31. The number of nitro benzene ring substituents is 1. The van der Waals surface area contributed by atoms with E-state index in [1.807, 2.05) is 30.3 Å². The lowest BCUT2D eigenvalue weighted by Gasteiger charge is -2.11. The molecule has 1 N–H and O–H groups in total. The van der Waals surface area contributed by atoms with Crippen LogP contribution >= 0.6 is 0 Å². The molecule has 0 atom stereocenters. The minimum absolute atomic E-state index is 0.0812. The van der Waals surface area contributed by atoms with Gasteiger partial charge in [-0.05, 0) is 17.2 Å². The Morgan fingerprint density at radius 3 is 2.54 bits per heavy atom. The molecular weight excluding hydrogens is 310 g/mol. The molecule has 2 aromatic carbocycles. The molecule has 1 fully saturated rings. The number of amides is 3. The minimum Gasteiger partial charge on any atom is -0.303 e. The van der Waals surface area contributed by atoms with E-state index < -0.39 is 16.9 Å². The number of urea groups is 1. The highest BCUT2D eigenvalue weighted by atomic mass is 16.6. The smallest absolute Gasteiger partial charge is 0.303 e. The van der Waals surface area contributed by atoms with Crippen molar-refractivity contribution in [3.8, 4) is 0 Å². The molecule has 3 rings (SSSR count). The van der Waals surface area contributed by atoms with Gasteiger partial charge >= 0.3 is 6.03 Å². The molecule has 1 saturated heterocycles. The SMILES string of the molecule is O=C1NC(=Cc2cccc([N+](=O)[O-])c2)C(=O)N1Cc1ccccc1. The molecule has 1 aliphatic rings. The maximum absolute atomic E-state index is 12.4. The van der Waals surface area contributed by atoms with Gasteiger partial charge in [0.1, 0.15) is 5.70 Å². The van der Waals surface area contributed by atoms with Crippen LogP contribution in [0.3, 0.4) is 0 Å². The lowest BCUT2D eigenvalue weighted by Crippen LogP contribution is -2.30. The highest BCUT2D eigenvalue weighted by Crippen LogP contribution is 2.19. The first-order valence-corrected chi connectivity index (χ1v) is 7.17. The van der Waals surface area contributed by atoms with E-state index in [0.29, 0.717) is 5.56 Å². The average Bonchev–Trinajstić information content (AvgIpc) is 2.83. The Bertz CT molecular complexity index is 846. The molecule has 24 heavy (non-hydrogen) atoms. The largest absolute Gasteiger partial charge is 0.329 e. The summed E-state index contributed by atoms with van der Waals surface area (Å²) in [6, 6.07) is 14.5. The summed E-state index contributed by atoms with van der Waals surface area (Å²) in [5, 5.41) is 13.3. The van der Waals surface area contributed by atoms with Gasteiger partial charge in [0.05, 0.1) is 11.5 Å². The second-order valence-corrected chi connectivity index (χ2v) is 5.22. The fraction of sp³-hybridized carbons (Fsp3) is 0.0588. The first-order valence-electron chi connectivity index (χ1n) is 7.17. The van der Waals surface area contributed by atoms with Crippen LogP contribution in [0.5, 0.6) is 0 Å². The fourth-order valence-electron chi connectivity index (χ4n) is 2.38. The summed E-state index contributed by atoms with van der Waals surface area (Å²) in [6.07, 6.45) is 1.43. The zero-order valence-electron chi connectivity index (χ0n) is 12.5. The minimum atomic E-state index is -0.515. The van der Waals surface area contributed by atoms with E-state index in [-0.39, 0.29) is 17.9 Å². The summed E-state index contributed by atoms with van der Waals surface area (Å²) >= 11 is 0. The third-order valence-electron chi connectivity index (χ3n) is 3.54. The van der Waals surface area contributed by atoms with E-state index in [0.717, 1.165) is 10.5 Å². The van der Waals surface area contributed by atoms with Gasteiger partial charge in [0.25, 0.3) is 11.6 Å². The van der Waals surface area contributed by atoms with Crippen LogP contribution < -0.4 is 5.32 Å². The predicted molar refractivity (Wildman–Crippen MR) is 86.6 cm³/mol. The van der Waals surface area contributed by atoms with Crippen LogP contribution in [0.15, 0.2) is 60.3 Å². The molecule has 0 aliphatic carbocycles. The van der Waals surface area contributed by atoms with Gasteiger partial charge in [0, 0.05) is 12.1 Å². The van der Waals surface area contributed by atoms with Crippen molar-refractivity contribution in [3.05, 3.63) is 81.5 Å². The van der Waals surface area contributed by atoms with Gasteiger partial charge in [0.15, 0.2) is 0 Å². The molecule has 2 aromatic rings. The number of nitrogens with zero attached hydrogens (tertiary/aromatic N) is 2. The Labute approximate surface area is 137 Å². The van der Waals surface area contributed by atoms with Crippen molar-refractivity contribution in [1.29, 1.82) is 0 Å². The molecule has 0 saturated carbocycles. The number of nitro groups is 1. The van der Waals surface area contributed by atoms with E-state index in [9.17, 15) is 19.7 Å². The average molecular weight is 323 g/mol.